The highest BCUT2D eigenvalue weighted by atomic mass is 19.1. The van der Waals surface area contributed by atoms with Crippen molar-refractivity contribution in [3.8, 4) is 0 Å². The van der Waals surface area contributed by atoms with E-state index in [0.717, 1.165) is 17.0 Å². The lowest BCUT2D eigenvalue weighted by atomic mass is 10.1. The fourth-order valence-electron chi connectivity index (χ4n) is 2.58. The minimum atomic E-state index is -1.09. The Morgan fingerprint density at radius 3 is 2.00 bits per heavy atom. The zero-order valence-corrected chi connectivity index (χ0v) is 13.1. The summed E-state index contributed by atoms with van der Waals surface area (Å²) in [6.07, 6.45) is 0. The van der Waals surface area contributed by atoms with Crippen molar-refractivity contribution in [3.05, 3.63) is 71.3 Å². The quantitative estimate of drug-likeness (QED) is 0.795. The molecule has 0 aliphatic carbocycles. The molecule has 0 saturated carbocycles. The summed E-state index contributed by atoms with van der Waals surface area (Å²) in [5.41, 5.74) is -0.376. The summed E-state index contributed by atoms with van der Waals surface area (Å²) in [5, 5.41) is 0. The maximum atomic E-state index is 13.1. The number of carbonyl (C=O) groups is 2. The number of benzene rings is 2. The van der Waals surface area contributed by atoms with E-state index in [9.17, 15) is 18.4 Å². The molecule has 0 aromatic heterocycles. The summed E-state index contributed by atoms with van der Waals surface area (Å²) in [7, 11) is 0. The molecule has 24 heavy (non-hydrogen) atoms. The molecule has 0 spiro atoms. The van der Waals surface area contributed by atoms with E-state index in [4.69, 9.17) is 0 Å². The van der Waals surface area contributed by atoms with Crippen LogP contribution in [0.3, 0.4) is 0 Å². The lowest BCUT2D eigenvalue weighted by Gasteiger charge is -2.27. The number of imide groups is 1. The smallest absolute Gasteiger partial charge is 0.269 e. The van der Waals surface area contributed by atoms with Gasteiger partial charge in [0, 0.05) is 11.1 Å². The molecule has 4 nitrogen and oxygen atoms in total. The molecule has 0 atom stereocenters. The third-order valence-corrected chi connectivity index (χ3v) is 3.75. The second-order valence-corrected chi connectivity index (χ2v) is 5.91. The predicted molar refractivity (Wildman–Crippen MR) is 84.6 cm³/mol. The number of nitrogens with zero attached hydrogens (tertiary/aromatic N) is 2. The van der Waals surface area contributed by atoms with Crippen LogP contribution in [0.2, 0.25) is 0 Å². The van der Waals surface area contributed by atoms with Gasteiger partial charge in [0.1, 0.15) is 23.0 Å². The fraction of sp³-hybridized carbons (Fsp3) is 0.167. The Labute approximate surface area is 137 Å². The van der Waals surface area contributed by atoms with Gasteiger partial charge in [-0.05, 0) is 62.4 Å². The summed E-state index contributed by atoms with van der Waals surface area (Å²) in [5.74, 6) is -2.03. The maximum absolute atomic E-state index is 13.1. The van der Waals surface area contributed by atoms with Crippen molar-refractivity contribution in [1.29, 1.82) is 0 Å². The van der Waals surface area contributed by atoms with Gasteiger partial charge in [0.05, 0.1) is 0 Å². The van der Waals surface area contributed by atoms with Crippen molar-refractivity contribution in [2.24, 2.45) is 4.99 Å². The van der Waals surface area contributed by atoms with Crippen molar-refractivity contribution in [2.75, 3.05) is 0 Å². The molecular formula is C18H14F2N2O2. The third-order valence-electron chi connectivity index (χ3n) is 3.75. The SMILES string of the molecule is CC1(C)N=C(c2ccc(F)cc2)C(=O)N1C(=O)c1ccc(F)cc1. The molecule has 0 radical (unpaired) electrons. The average Bonchev–Trinajstić information content (AvgIpc) is 2.78. The first-order valence-electron chi connectivity index (χ1n) is 7.30. The van der Waals surface area contributed by atoms with Crippen LogP contribution in [0.4, 0.5) is 8.78 Å². The summed E-state index contributed by atoms with van der Waals surface area (Å²) in [4.78, 5) is 30.7. The fourth-order valence-corrected chi connectivity index (χ4v) is 2.58. The molecule has 2 aromatic carbocycles. The number of aliphatic imine (C=N–C) groups is 1. The molecule has 1 aliphatic rings. The van der Waals surface area contributed by atoms with Gasteiger partial charge in [-0.25, -0.2) is 13.7 Å². The van der Waals surface area contributed by atoms with Crippen LogP contribution in [-0.4, -0.2) is 28.1 Å². The van der Waals surface area contributed by atoms with Crippen LogP contribution in [0.15, 0.2) is 53.5 Å². The lowest BCUT2D eigenvalue weighted by Crippen LogP contribution is -2.46. The molecule has 1 aliphatic heterocycles. The first-order chi connectivity index (χ1) is 11.3. The van der Waals surface area contributed by atoms with Gasteiger partial charge in [-0.2, -0.15) is 0 Å². The van der Waals surface area contributed by atoms with Crippen molar-refractivity contribution in [2.45, 2.75) is 19.5 Å². The molecule has 1 heterocycles. The Kier molecular flexibility index (Phi) is 3.75. The van der Waals surface area contributed by atoms with Gasteiger partial charge in [-0.1, -0.05) is 0 Å². The van der Waals surface area contributed by atoms with Crippen molar-refractivity contribution >= 4 is 17.5 Å². The predicted octanol–water partition coefficient (Wildman–Crippen LogP) is 3.17. The molecule has 2 aromatic rings. The number of amides is 2. The van der Waals surface area contributed by atoms with E-state index in [-0.39, 0.29) is 11.3 Å². The van der Waals surface area contributed by atoms with Gasteiger partial charge >= 0.3 is 0 Å². The van der Waals surface area contributed by atoms with Gasteiger partial charge in [0.2, 0.25) is 0 Å². The van der Waals surface area contributed by atoms with Crippen LogP contribution in [0, 0.1) is 11.6 Å². The summed E-state index contributed by atoms with van der Waals surface area (Å²) in [6.45, 7) is 3.26. The van der Waals surface area contributed by atoms with Crippen LogP contribution >= 0.6 is 0 Å². The summed E-state index contributed by atoms with van der Waals surface area (Å²) >= 11 is 0. The Balaban J connectivity index is 1.96. The van der Waals surface area contributed by atoms with Gasteiger partial charge in [-0.15, -0.1) is 0 Å². The van der Waals surface area contributed by atoms with E-state index in [1.54, 1.807) is 13.8 Å². The zero-order chi connectivity index (χ0) is 17.5. The topological polar surface area (TPSA) is 49.7 Å². The van der Waals surface area contributed by atoms with E-state index in [0.29, 0.717) is 5.56 Å². The Hall–Kier alpha value is -2.89. The molecule has 0 bridgehead atoms. The number of hydrogen-bond acceptors (Lipinski definition) is 3. The van der Waals surface area contributed by atoms with Crippen molar-refractivity contribution in [3.63, 3.8) is 0 Å². The Morgan fingerprint density at radius 2 is 1.46 bits per heavy atom. The summed E-state index contributed by atoms with van der Waals surface area (Å²) < 4.78 is 26.1. The Morgan fingerprint density at radius 1 is 0.958 bits per heavy atom. The van der Waals surface area contributed by atoms with Crippen LogP contribution < -0.4 is 0 Å². The third kappa shape index (κ3) is 2.71. The van der Waals surface area contributed by atoms with E-state index >= 15 is 0 Å². The number of halogens is 2. The molecule has 0 unspecified atom stereocenters. The van der Waals surface area contributed by atoms with Crippen LogP contribution in [0.5, 0.6) is 0 Å². The lowest BCUT2D eigenvalue weighted by molar-refractivity contribution is -0.123. The molecule has 6 heteroatoms. The first-order valence-corrected chi connectivity index (χ1v) is 7.30. The van der Waals surface area contributed by atoms with Gasteiger partial charge in [-0.3, -0.25) is 14.6 Å². The molecule has 2 amide bonds. The monoisotopic (exact) mass is 328 g/mol. The molecule has 0 N–H and O–H groups in total. The number of rotatable bonds is 2. The molecule has 0 saturated heterocycles. The molecule has 0 fully saturated rings. The average molecular weight is 328 g/mol. The van der Waals surface area contributed by atoms with Crippen LogP contribution in [0.25, 0.3) is 0 Å². The molecule has 3 rings (SSSR count). The largest absolute Gasteiger partial charge is 0.281 e. The van der Waals surface area contributed by atoms with E-state index < -0.39 is 29.1 Å². The van der Waals surface area contributed by atoms with Crippen molar-refractivity contribution < 1.29 is 18.4 Å². The second-order valence-electron chi connectivity index (χ2n) is 5.91. The molecule has 122 valence electrons. The number of carbonyl (C=O) groups excluding carboxylic acids is 2. The van der Waals surface area contributed by atoms with E-state index in [1.165, 1.54) is 36.4 Å². The standard InChI is InChI=1S/C18H14F2N2O2/c1-18(2)21-15(11-3-7-13(19)8-4-11)17(24)22(18)16(23)12-5-9-14(20)10-6-12/h3-10H,1-2H3. The van der Waals surface area contributed by atoms with E-state index in [2.05, 4.69) is 4.99 Å². The minimum Gasteiger partial charge on any atom is -0.269 e. The second kappa shape index (κ2) is 5.63. The minimum absolute atomic E-state index is 0.0930. The zero-order valence-electron chi connectivity index (χ0n) is 13.1. The van der Waals surface area contributed by atoms with Gasteiger partial charge in [0.15, 0.2) is 0 Å². The van der Waals surface area contributed by atoms with Gasteiger partial charge < -0.3 is 0 Å². The highest BCUT2D eigenvalue weighted by molar-refractivity contribution is 6.49. The normalized spacial score (nSPS) is 16.2. The van der Waals surface area contributed by atoms with Crippen LogP contribution in [0.1, 0.15) is 29.8 Å². The van der Waals surface area contributed by atoms with Crippen LogP contribution in [-0.2, 0) is 4.79 Å². The highest BCUT2D eigenvalue weighted by Gasteiger charge is 2.44. The first kappa shape index (κ1) is 16.0. The highest BCUT2D eigenvalue weighted by Crippen LogP contribution is 2.28. The van der Waals surface area contributed by atoms with Gasteiger partial charge in [0.25, 0.3) is 11.8 Å². The summed E-state index contributed by atoms with van der Waals surface area (Å²) in [6, 6.07) is 10.3. The number of hydrogen-bond donors (Lipinski definition) is 0. The maximum Gasteiger partial charge on any atom is 0.281 e. The van der Waals surface area contributed by atoms with E-state index in [1.807, 2.05) is 0 Å². The van der Waals surface area contributed by atoms with Crippen molar-refractivity contribution in [1.82, 2.24) is 4.90 Å². The molecular weight excluding hydrogens is 314 g/mol. The Bertz CT molecular complexity index is 840.